The lowest BCUT2D eigenvalue weighted by Crippen LogP contribution is -2.61. The Labute approximate surface area is 180 Å². The van der Waals surface area contributed by atoms with Crippen LogP contribution in [0.25, 0.3) is 0 Å². The van der Waals surface area contributed by atoms with Crippen LogP contribution in [-0.4, -0.2) is 85.4 Å². The predicted molar refractivity (Wildman–Crippen MR) is 107 cm³/mol. The van der Waals surface area contributed by atoms with E-state index >= 15 is 0 Å². The molecule has 0 radical (unpaired) electrons. The summed E-state index contributed by atoms with van der Waals surface area (Å²) in [5.74, 6) is -0.651. The average Bonchev–Trinajstić information content (AvgIpc) is 3.12. The smallest absolute Gasteiger partial charge is 0.407 e. The fourth-order valence-corrected chi connectivity index (χ4v) is 6.67. The molecule has 0 spiro atoms. The van der Waals surface area contributed by atoms with Gasteiger partial charge >= 0.3 is 6.09 Å². The van der Waals surface area contributed by atoms with E-state index in [0.29, 0.717) is 12.2 Å². The van der Waals surface area contributed by atoms with Crippen LogP contribution in [0.4, 0.5) is 4.79 Å². The van der Waals surface area contributed by atoms with Gasteiger partial charge in [-0.05, 0) is 49.4 Å². The molecular weight excluding hydrogens is 430 g/mol. The Balaban J connectivity index is 2.13. The highest BCUT2D eigenvalue weighted by molar-refractivity contribution is 7.89. The number of carbonyl (C=O) groups is 2. The van der Waals surface area contributed by atoms with Crippen molar-refractivity contribution in [1.82, 2.24) is 14.7 Å². The SMILES string of the molecule is COCC[C@]1(C(=O)NO)C[C@@H]2CCN(C(=O)O)C[C@@H]2N1S(=O)(=O)c1ccc(OC)cc1. The molecule has 2 aliphatic rings. The van der Waals surface area contributed by atoms with Gasteiger partial charge in [0.15, 0.2) is 0 Å². The molecule has 1 aromatic rings. The second-order valence-electron chi connectivity index (χ2n) is 7.74. The van der Waals surface area contributed by atoms with Gasteiger partial charge in [0.1, 0.15) is 11.3 Å². The molecule has 0 saturated carbocycles. The Morgan fingerprint density at radius 2 is 1.94 bits per heavy atom. The molecule has 3 rings (SSSR count). The summed E-state index contributed by atoms with van der Waals surface area (Å²) in [4.78, 5) is 25.6. The first-order valence-corrected chi connectivity index (χ1v) is 11.2. The van der Waals surface area contributed by atoms with E-state index in [1.807, 2.05) is 0 Å². The van der Waals surface area contributed by atoms with Gasteiger partial charge in [-0.3, -0.25) is 10.0 Å². The van der Waals surface area contributed by atoms with Gasteiger partial charge in [-0.1, -0.05) is 0 Å². The molecular formula is C19H27N3O8S. The number of nitrogens with one attached hydrogen (secondary N) is 1. The zero-order valence-corrected chi connectivity index (χ0v) is 18.2. The maximum absolute atomic E-state index is 13.8. The van der Waals surface area contributed by atoms with Gasteiger partial charge < -0.3 is 19.5 Å². The number of ether oxygens (including phenoxy) is 2. The van der Waals surface area contributed by atoms with Crippen molar-refractivity contribution in [2.45, 2.75) is 35.7 Å². The van der Waals surface area contributed by atoms with E-state index in [2.05, 4.69) is 0 Å². The first kappa shape index (κ1) is 23.3. The van der Waals surface area contributed by atoms with Gasteiger partial charge in [-0.2, -0.15) is 4.31 Å². The lowest BCUT2D eigenvalue weighted by atomic mass is 9.85. The van der Waals surface area contributed by atoms with Gasteiger partial charge in [-0.15, -0.1) is 0 Å². The molecule has 2 fully saturated rings. The number of rotatable bonds is 7. The lowest BCUT2D eigenvalue weighted by molar-refractivity contribution is -0.139. The molecule has 0 bridgehead atoms. The molecule has 11 nitrogen and oxygen atoms in total. The number of sulfonamides is 1. The van der Waals surface area contributed by atoms with E-state index in [1.165, 1.54) is 38.5 Å². The van der Waals surface area contributed by atoms with Crippen molar-refractivity contribution in [2.24, 2.45) is 5.92 Å². The van der Waals surface area contributed by atoms with Crippen molar-refractivity contribution < 1.29 is 37.8 Å². The van der Waals surface area contributed by atoms with Crippen LogP contribution in [-0.2, 0) is 19.6 Å². The van der Waals surface area contributed by atoms with Gasteiger partial charge in [0.05, 0.1) is 12.0 Å². The molecule has 31 heavy (non-hydrogen) atoms. The minimum absolute atomic E-state index is 0.00531. The summed E-state index contributed by atoms with van der Waals surface area (Å²) < 4.78 is 38.9. The summed E-state index contributed by atoms with van der Waals surface area (Å²) in [6.45, 7) is 0.251. The standard InChI is InChI=1S/C19H27N3O8S/c1-29-10-8-19(17(23)20-26)11-13-7-9-21(18(24)25)12-16(13)22(19)31(27,28)15-5-3-14(30-2)4-6-15/h3-6,13,16,26H,7-12H2,1-2H3,(H,20,23)(H,24,25)/t13-,16-,19+/m0/s1. The monoisotopic (exact) mass is 457 g/mol. The molecule has 3 N–H and O–H groups in total. The average molecular weight is 458 g/mol. The fourth-order valence-electron chi connectivity index (χ4n) is 4.66. The number of hydroxylamine groups is 1. The minimum Gasteiger partial charge on any atom is -0.497 e. The molecule has 2 aliphatic heterocycles. The number of hydrogen-bond acceptors (Lipinski definition) is 7. The van der Waals surface area contributed by atoms with Crippen LogP contribution in [0.2, 0.25) is 0 Å². The number of nitrogens with zero attached hydrogens (tertiary/aromatic N) is 2. The Bertz CT molecular complexity index is 923. The molecule has 2 amide bonds. The molecule has 0 aliphatic carbocycles. The predicted octanol–water partition coefficient (Wildman–Crippen LogP) is 0.739. The Kier molecular flexibility index (Phi) is 6.74. The van der Waals surface area contributed by atoms with E-state index in [9.17, 15) is 28.3 Å². The highest BCUT2D eigenvalue weighted by Crippen LogP contribution is 2.47. The first-order valence-electron chi connectivity index (χ1n) is 9.81. The number of fused-ring (bicyclic) bond motifs is 1. The number of amides is 2. The van der Waals surface area contributed by atoms with Gasteiger partial charge in [0.25, 0.3) is 5.91 Å². The number of methoxy groups -OCH3 is 2. The van der Waals surface area contributed by atoms with Gasteiger partial charge in [0.2, 0.25) is 10.0 Å². The third-order valence-electron chi connectivity index (χ3n) is 6.18. The van der Waals surface area contributed by atoms with E-state index in [1.54, 1.807) is 5.48 Å². The molecule has 12 heteroatoms. The molecule has 3 atom stereocenters. The Morgan fingerprint density at radius 3 is 2.48 bits per heavy atom. The molecule has 0 unspecified atom stereocenters. The quantitative estimate of drug-likeness (QED) is 0.401. The summed E-state index contributed by atoms with van der Waals surface area (Å²) in [5.41, 5.74) is 0.00390. The van der Waals surface area contributed by atoms with Crippen molar-refractivity contribution in [3.05, 3.63) is 24.3 Å². The van der Waals surface area contributed by atoms with Gasteiger partial charge in [0, 0.05) is 32.8 Å². The van der Waals surface area contributed by atoms with Crippen LogP contribution in [0.3, 0.4) is 0 Å². The van der Waals surface area contributed by atoms with Crippen LogP contribution in [0, 0.1) is 5.92 Å². The maximum Gasteiger partial charge on any atom is 0.407 e. The minimum atomic E-state index is -4.25. The summed E-state index contributed by atoms with van der Waals surface area (Å²) in [5, 5.41) is 18.9. The van der Waals surface area contributed by atoms with Crippen molar-refractivity contribution in [1.29, 1.82) is 0 Å². The van der Waals surface area contributed by atoms with Crippen LogP contribution in [0.5, 0.6) is 5.75 Å². The number of carboxylic acid groups (broad SMARTS) is 1. The lowest BCUT2D eigenvalue weighted by Gasteiger charge is -2.40. The van der Waals surface area contributed by atoms with E-state index in [-0.39, 0.29) is 43.4 Å². The Hall–Kier alpha value is -2.41. The highest BCUT2D eigenvalue weighted by Gasteiger charge is 2.61. The summed E-state index contributed by atoms with van der Waals surface area (Å²) in [6.07, 6.45) is -0.595. The number of carbonyl (C=O) groups excluding carboxylic acids is 1. The Morgan fingerprint density at radius 1 is 1.26 bits per heavy atom. The summed E-state index contributed by atoms with van der Waals surface area (Å²) in [6, 6.07) is 4.97. The van der Waals surface area contributed by atoms with E-state index < -0.39 is 33.6 Å². The fraction of sp³-hybridized carbons (Fsp3) is 0.579. The van der Waals surface area contributed by atoms with Crippen LogP contribution < -0.4 is 10.2 Å². The van der Waals surface area contributed by atoms with Gasteiger partial charge in [-0.25, -0.2) is 18.7 Å². The van der Waals surface area contributed by atoms with E-state index in [4.69, 9.17) is 9.47 Å². The summed E-state index contributed by atoms with van der Waals surface area (Å²) >= 11 is 0. The van der Waals surface area contributed by atoms with Crippen molar-refractivity contribution in [3.8, 4) is 5.75 Å². The zero-order chi connectivity index (χ0) is 22.8. The van der Waals surface area contributed by atoms with Crippen LogP contribution in [0.15, 0.2) is 29.2 Å². The largest absolute Gasteiger partial charge is 0.497 e. The maximum atomic E-state index is 13.8. The molecule has 0 aromatic heterocycles. The van der Waals surface area contributed by atoms with E-state index in [0.717, 1.165) is 9.21 Å². The topological polar surface area (TPSA) is 146 Å². The second kappa shape index (κ2) is 8.99. The number of piperidine rings is 1. The first-order chi connectivity index (χ1) is 14.7. The van der Waals surface area contributed by atoms with Crippen molar-refractivity contribution >= 4 is 22.0 Å². The molecule has 2 heterocycles. The second-order valence-corrected chi connectivity index (χ2v) is 9.56. The number of hydrogen-bond donors (Lipinski definition) is 3. The van der Waals surface area contributed by atoms with Crippen LogP contribution in [0.1, 0.15) is 19.3 Å². The highest BCUT2D eigenvalue weighted by atomic mass is 32.2. The number of benzene rings is 1. The molecule has 172 valence electrons. The van der Waals surface area contributed by atoms with Crippen molar-refractivity contribution in [3.63, 3.8) is 0 Å². The third-order valence-corrected chi connectivity index (χ3v) is 8.18. The third kappa shape index (κ3) is 4.07. The normalized spacial score (nSPS) is 26.4. The zero-order valence-electron chi connectivity index (χ0n) is 17.4. The number of likely N-dealkylation sites (tertiary alicyclic amines) is 1. The molecule has 2 saturated heterocycles. The summed E-state index contributed by atoms with van der Waals surface area (Å²) in [7, 11) is -1.36. The molecule has 1 aromatic carbocycles. The van der Waals surface area contributed by atoms with Crippen molar-refractivity contribution in [2.75, 3.05) is 33.9 Å². The van der Waals surface area contributed by atoms with Crippen LogP contribution >= 0.6 is 0 Å².